The predicted octanol–water partition coefficient (Wildman–Crippen LogP) is 4.92. The van der Waals surface area contributed by atoms with Crippen LogP contribution in [-0.2, 0) is 9.47 Å². The van der Waals surface area contributed by atoms with Gasteiger partial charge in [-0.15, -0.1) is 0 Å². The lowest BCUT2D eigenvalue weighted by molar-refractivity contribution is -0.0111. The largest absolute Gasteiger partial charge is 0.379 e. The number of rotatable bonds is 3. The quantitative estimate of drug-likeness (QED) is 0.673. The summed E-state index contributed by atoms with van der Waals surface area (Å²) in [6.45, 7) is 20.6. The number of hydrogen-bond acceptors (Lipinski definition) is 4. The molecule has 3 fully saturated rings. The van der Waals surface area contributed by atoms with E-state index in [1.165, 1.54) is 32.1 Å². The van der Waals surface area contributed by atoms with E-state index in [-0.39, 0.29) is 0 Å². The zero-order chi connectivity index (χ0) is 20.9. The smallest absolute Gasteiger partial charge is 0.0624 e. The summed E-state index contributed by atoms with van der Waals surface area (Å²) < 4.78 is 10.6. The molecule has 1 saturated carbocycles. The van der Waals surface area contributed by atoms with Crippen molar-refractivity contribution in [1.29, 1.82) is 0 Å². The molecular formula is C24H50N2O2. The Labute approximate surface area is 176 Å². The van der Waals surface area contributed by atoms with E-state index in [2.05, 4.69) is 58.4 Å². The number of morpholine rings is 2. The third-order valence-electron chi connectivity index (χ3n) is 6.58. The molecular weight excluding hydrogens is 348 g/mol. The van der Waals surface area contributed by atoms with Crippen LogP contribution in [0.1, 0.15) is 73.6 Å². The Kier molecular flexibility index (Phi) is 13.6. The summed E-state index contributed by atoms with van der Waals surface area (Å²) in [6, 6.07) is 1.32. The van der Waals surface area contributed by atoms with Gasteiger partial charge in [0.2, 0.25) is 0 Å². The van der Waals surface area contributed by atoms with Crippen LogP contribution < -0.4 is 0 Å². The third-order valence-corrected chi connectivity index (χ3v) is 6.58. The molecule has 2 aliphatic heterocycles. The van der Waals surface area contributed by atoms with Crippen molar-refractivity contribution in [2.24, 2.45) is 17.8 Å². The highest BCUT2D eigenvalue weighted by atomic mass is 16.5. The molecule has 0 aromatic carbocycles. The Hall–Kier alpha value is -0.160. The lowest BCUT2D eigenvalue weighted by Crippen LogP contribution is -2.45. The molecule has 3 aliphatic rings. The second kappa shape index (κ2) is 14.8. The van der Waals surface area contributed by atoms with Crippen LogP contribution >= 0.6 is 0 Å². The van der Waals surface area contributed by atoms with Crippen LogP contribution in [0.3, 0.4) is 0 Å². The van der Waals surface area contributed by atoms with Gasteiger partial charge in [0.05, 0.1) is 26.4 Å². The van der Waals surface area contributed by atoms with Crippen molar-refractivity contribution in [2.75, 3.05) is 53.1 Å². The van der Waals surface area contributed by atoms with E-state index in [0.717, 1.165) is 57.9 Å². The van der Waals surface area contributed by atoms with Crippen LogP contribution in [0, 0.1) is 17.8 Å². The van der Waals surface area contributed by atoms with Gasteiger partial charge in [-0.2, -0.15) is 0 Å². The van der Waals surface area contributed by atoms with Crippen molar-refractivity contribution >= 4 is 0 Å². The average Bonchev–Trinajstić information content (AvgIpc) is 2.70. The summed E-state index contributed by atoms with van der Waals surface area (Å²) in [4.78, 5) is 4.82. The zero-order valence-corrected chi connectivity index (χ0v) is 20.1. The maximum atomic E-state index is 5.37. The minimum absolute atomic E-state index is 0.633. The van der Waals surface area contributed by atoms with Crippen molar-refractivity contribution < 1.29 is 9.47 Å². The van der Waals surface area contributed by atoms with Crippen LogP contribution in [0.25, 0.3) is 0 Å². The van der Waals surface area contributed by atoms with Gasteiger partial charge < -0.3 is 9.47 Å². The van der Waals surface area contributed by atoms with Crippen LogP contribution in [-0.4, -0.2) is 75.0 Å². The van der Waals surface area contributed by atoms with Gasteiger partial charge in [0.1, 0.15) is 0 Å². The fourth-order valence-corrected chi connectivity index (χ4v) is 4.30. The summed E-state index contributed by atoms with van der Waals surface area (Å²) >= 11 is 0. The summed E-state index contributed by atoms with van der Waals surface area (Å²) in [6.07, 6.45) is 7.46. The topological polar surface area (TPSA) is 24.9 Å². The molecule has 0 radical (unpaired) electrons. The van der Waals surface area contributed by atoms with Crippen molar-refractivity contribution in [2.45, 2.75) is 85.7 Å². The van der Waals surface area contributed by atoms with Gasteiger partial charge >= 0.3 is 0 Å². The highest BCUT2D eigenvalue weighted by Gasteiger charge is 2.21. The summed E-state index contributed by atoms with van der Waals surface area (Å²) in [5, 5.41) is 0. The van der Waals surface area contributed by atoms with Gasteiger partial charge in [0, 0.05) is 31.7 Å². The van der Waals surface area contributed by atoms with Gasteiger partial charge in [-0.1, -0.05) is 59.8 Å². The average molecular weight is 399 g/mol. The van der Waals surface area contributed by atoms with Gasteiger partial charge in [-0.3, -0.25) is 9.80 Å². The molecule has 0 aromatic rings. The van der Waals surface area contributed by atoms with Crippen LogP contribution in [0.2, 0.25) is 0 Å². The van der Waals surface area contributed by atoms with E-state index in [4.69, 9.17) is 9.47 Å². The molecule has 168 valence electrons. The van der Waals surface area contributed by atoms with Crippen molar-refractivity contribution in [3.8, 4) is 0 Å². The molecule has 28 heavy (non-hydrogen) atoms. The first kappa shape index (κ1) is 25.9. The molecule has 0 amide bonds. The molecule has 3 rings (SSSR count). The summed E-state index contributed by atoms with van der Waals surface area (Å²) in [5.74, 6) is 2.70. The number of hydrogen-bond donors (Lipinski definition) is 0. The first-order valence-corrected chi connectivity index (χ1v) is 11.9. The van der Waals surface area contributed by atoms with Gasteiger partial charge in [0.15, 0.2) is 0 Å². The second-order valence-corrected chi connectivity index (χ2v) is 9.75. The van der Waals surface area contributed by atoms with E-state index in [0.29, 0.717) is 18.0 Å². The SMILES string of the molecule is CC(C)C1CCCCC1.CC(C)C1COCCN1C.CC(C)N1CCOCC1. The number of ether oxygens (including phenoxy) is 2. The number of likely N-dealkylation sites (N-methyl/N-ethyl adjacent to an activating group) is 1. The number of nitrogens with zero attached hydrogens (tertiary/aromatic N) is 2. The third kappa shape index (κ3) is 10.6. The molecule has 0 spiro atoms. The van der Waals surface area contributed by atoms with Gasteiger partial charge in [0.25, 0.3) is 0 Å². The molecule has 4 nitrogen and oxygen atoms in total. The van der Waals surface area contributed by atoms with Crippen molar-refractivity contribution in [3.05, 3.63) is 0 Å². The van der Waals surface area contributed by atoms with Gasteiger partial charge in [-0.05, 0) is 38.6 Å². The Morgan fingerprint density at radius 2 is 1.29 bits per heavy atom. The lowest BCUT2D eigenvalue weighted by Gasteiger charge is -2.34. The van der Waals surface area contributed by atoms with Crippen LogP contribution in [0.4, 0.5) is 0 Å². The fraction of sp³-hybridized carbons (Fsp3) is 1.00. The Bertz CT molecular complexity index is 340. The van der Waals surface area contributed by atoms with E-state index < -0.39 is 0 Å². The molecule has 4 heteroatoms. The van der Waals surface area contributed by atoms with E-state index >= 15 is 0 Å². The minimum Gasteiger partial charge on any atom is -0.379 e. The lowest BCUT2D eigenvalue weighted by atomic mass is 9.82. The first-order valence-electron chi connectivity index (χ1n) is 11.9. The van der Waals surface area contributed by atoms with Crippen molar-refractivity contribution in [1.82, 2.24) is 9.80 Å². The Morgan fingerprint density at radius 1 is 0.714 bits per heavy atom. The van der Waals surface area contributed by atoms with E-state index in [1.54, 1.807) is 0 Å². The normalized spacial score (nSPS) is 25.3. The van der Waals surface area contributed by atoms with E-state index in [1.807, 2.05) is 0 Å². The highest BCUT2D eigenvalue weighted by molar-refractivity contribution is 4.74. The molecule has 2 saturated heterocycles. The van der Waals surface area contributed by atoms with Crippen LogP contribution in [0.15, 0.2) is 0 Å². The molecule has 0 bridgehead atoms. The molecule has 0 aromatic heterocycles. The molecule has 1 atom stereocenters. The minimum atomic E-state index is 0.633. The van der Waals surface area contributed by atoms with E-state index in [9.17, 15) is 0 Å². The molecule has 0 N–H and O–H groups in total. The zero-order valence-electron chi connectivity index (χ0n) is 20.1. The Balaban J connectivity index is 0.000000210. The molecule has 2 heterocycles. The molecule has 1 aliphatic carbocycles. The highest BCUT2D eigenvalue weighted by Crippen LogP contribution is 2.29. The maximum Gasteiger partial charge on any atom is 0.0624 e. The summed E-state index contributed by atoms with van der Waals surface area (Å²) in [7, 11) is 2.17. The first-order chi connectivity index (χ1) is 13.3. The fourth-order valence-electron chi connectivity index (χ4n) is 4.30. The summed E-state index contributed by atoms with van der Waals surface area (Å²) in [5.41, 5.74) is 0. The standard InChI is InChI=1S/C9H18.C8H17NO.C7H15NO/c1-8(2)9-6-4-3-5-7-9;1-7(2)8-6-10-5-4-9(8)3;1-7(2)8-3-5-9-6-4-8/h8-9H,3-7H2,1-2H3;7-8H,4-6H2,1-3H3;7H,3-6H2,1-2H3. The van der Waals surface area contributed by atoms with Gasteiger partial charge in [-0.25, -0.2) is 0 Å². The predicted molar refractivity (Wildman–Crippen MR) is 121 cm³/mol. The van der Waals surface area contributed by atoms with Crippen LogP contribution in [0.5, 0.6) is 0 Å². The Morgan fingerprint density at radius 3 is 1.64 bits per heavy atom. The maximum absolute atomic E-state index is 5.37. The second-order valence-electron chi connectivity index (χ2n) is 9.75. The monoisotopic (exact) mass is 398 g/mol. The molecule has 1 unspecified atom stereocenters. The van der Waals surface area contributed by atoms with Crippen molar-refractivity contribution in [3.63, 3.8) is 0 Å².